The van der Waals surface area contributed by atoms with E-state index >= 15 is 0 Å². The largest absolute Gasteiger partial charge is 0.477 e. The zero-order valence-electron chi connectivity index (χ0n) is 8.87. The van der Waals surface area contributed by atoms with Gasteiger partial charge in [-0.2, -0.15) is 0 Å². The summed E-state index contributed by atoms with van der Waals surface area (Å²) >= 11 is 1.08. The molecule has 1 aromatic heterocycles. The topological polar surface area (TPSA) is 82.5 Å². The average Bonchev–Trinajstić information content (AvgIpc) is 2.46. The zero-order valence-corrected chi connectivity index (χ0v) is 9.68. The molecule has 0 atom stereocenters. The van der Waals surface area contributed by atoms with Gasteiger partial charge in [0.1, 0.15) is 4.88 Å². The number of aliphatic hydroxyl groups excluding tert-OH is 1. The van der Waals surface area contributed by atoms with Crippen molar-refractivity contribution in [2.24, 2.45) is 0 Å². The molecule has 0 bridgehead atoms. The van der Waals surface area contributed by atoms with Gasteiger partial charge in [-0.05, 0) is 20.8 Å². The quantitative estimate of drug-likeness (QED) is 0.727. The SMILES string of the molecule is Cc1nc(NC(C)(C)CO)sc1C(=O)O. The van der Waals surface area contributed by atoms with Gasteiger partial charge in [0.25, 0.3) is 0 Å². The number of nitrogens with zero attached hydrogens (tertiary/aromatic N) is 1. The summed E-state index contributed by atoms with van der Waals surface area (Å²) in [6.45, 7) is 5.22. The molecule has 0 unspecified atom stereocenters. The molecule has 0 aliphatic heterocycles. The van der Waals surface area contributed by atoms with Gasteiger partial charge in [0.05, 0.1) is 17.8 Å². The minimum atomic E-state index is -0.972. The van der Waals surface area contributed by atoms with Gasteiger partial charge >= 0.3 is 5.97 Å². The summed E-state index contributed by atoms with van der Waals surface area (Å²) in [6, 6.07) is 0. The molecular formula is C9H14N2O3S. The van der Waals surface area contributed by atoms with Crippen LogP contribution in [0.5, 0.6) is 0 Å². The Bertz CT molecular complexity index is 373. The van der Waals surface area contributed by atoms with E-state index in [-0.39, 0.29) is 11.5 Å². The fourth-order valence-electron chi connectivity index (χ4n) is 0.977. The van der Waals surface area contributed by atoms with Crippen molar-refractivity contribution < 1.29 is 15.0 Å². The summed E-state index contributed by atoms with van der Waals surface area (Å²) in [4.78, 5) is 15.1. The Morgan fingerprint density at radius 3 is 2.60 bits per heavy atom. The van der Waals surface area contributed by atoms with Crippen molar-refractivity contribution in [3.05, 3.63) is 10.6 Å². The minimum Gasteiger partial charge on any atom is -0.477 e. The molecular weight excluding hydrogens is 216 g/mol. The molecule has 1 aromatic rings. The van der Waals surface area contributed by atoms with Crippen LogP contribution >= 0.6 is 11.3 Å². The summed E-state index contributed by atoms with van der Waals surface area (Å²) in [5, 5.41) is 21.4. The van der Waals surface area contributed by atoms with Gasteiger partial charge in [0, 0.05) is 0 Å². The Morgan fingerprint density at radius 1 is 1.60 bits per heavy atom. The van der Waals surface area contributed by atoms with Crippen molar-refractivity contribution >= 4 is 22.4 Å². The van der Waals surface area contributed by atoms with E-state index in [4.69, 9.17) is 10.2 Å². The molecule has 0 spiro atoms. The number of aromatic carboxylic acids is 1. The highest BCUT2D eigenvalue weighted by atomic mass is 32.1. The van der Waals surface area contributed by atoms with E-state index in [1.807, 2.05) is 13.8 Å². The molecule has 0 fully saturated rings. The first kappa shape index (κ1) is 11.9. The molecule has 6 heteroatoms. The first-order valence-corrected chi connectivity index (χ1v) is 5.27. The Balaban J connectivity index is 2.89. The number of carboxylic acids is 1. The number of aromatic nitrogens is 1. The molecule has 5 nitrogen and oxygen atoms in total. The maximum atomic E-state index is 10.8. The van der Waals surface area contributed by atoms with Crippen LogP contribution in [0.1, 0.15) is 29.2 Å². The van der Waals surface area contributed by atoms with Crippen molar-refractivity contribution in [2.45, 2.75) is 26.3 Å². The second-order valence-electron chi connectivity index (χ2n) is 3.91. The van der Waals surface area contributed by atoms with Crippen molar-refractivity contribution in [2.75, 3.05) is 11.9 Å². The van der Waals surface area contributed by atoms with E-state index in [1.54, 1.807) is 6.92 Å². The number of aryl methyl sites for hydroxylation is 1. The standard InChI is InChI=1S/C9H14N2O3S/c1-5-6(7(13)14)15-8(10-5)11-9(2,3)4-12/h12H,4H2,1-3H3,(H,10,11)(H,13,14). The van der Waals surface area contributed by atoms with Gasteiger partial charge in [-0.25, -0.2) is 9.78 Å². The molecule has 1 rings (SSSR count). The van der Waals surface area contributed by atoms with E-state index in [9.17, 15) is 4.79 Å². The number of nitrogens with one attached hydrogen (secondary N) is 1. The molecule has 0 radical (unpaired) electrons. The monoisotopic (exact) mass is 230 g/mol. The Labute approximate surface area is 91.8 Å². The second-order valence-corrected chi connectivity index (χ2v) is 4.90. The van der Waals surface area contributed by atoms with Crippen LogP contribution in [0.2, 0.25) is 0 Å². The Hall–Kier alpha value is -1.14. The van der Waals surface area contributed by atoms with Gasteiger partial charge in [-0.3, -0.25) is 0 Å². The summed E-state index contributed by atoms with van der Waals surface area (Å²) in [7, 11) is 0. The summed E-state index contributed by atoms with van der Waals surface area (Å²) in [5.41, 5.74) is -0.0104. The number of rotatable bonds is 4. The van der Waals surface area contributed by atoms with Crippen molar-refractivity contribution in [1.29, 1.82) is 0 Å². The van der Waals surface area contributed by atoms with Crippen LogP contribution in [-0.4, -0.2) is 33.3 Å². The van der Waals surface area contributed by atoms with Crippen LogP contribution < -0.4 is 5.32 Å². The zero-order chi connectivity index (χ0) is 11.6. The summed E-state index contributed by atoms with van der Waals surface area (Å²) < 4.78 is 0. The lowest BCUT2D eigenvalue weighted by Crippen LogP contribution is -2.34. The predicted octanol–water partition coefficient (Wildman–Crippen LogP) is 1.33. The number of carboxylic acid groups (broad SMARTS) is 1. The average molecular weight is 230 g/mol. The van der Waals surface area contributed by atoms with Crippen molar-refractivity contribution in [1.82, 2.24) is 4.98 Å². The van der Waals surface area contributed by atoms with Crippen LogP contribution in [-0.2, 0) is 0 Å². The van der Waals surface area contributed by atoms with E-state index in [0.717, 1.165) is 11.3 Å². The first-order valence-electron chi connectivity index (χ1n) is 4.45. The lowest BCUT2D eigenvalue weighted by atomic mass is 10.1. The highest BCUT2D eigenvalue weighted by molar-refractivity contribution is 7.17. The van der Waals surface area contributed by atoms with E-state index in [0.29, 0.717) is 10.8 Å². The molecule has 0 saturated heterocycles. The van der Waals surface area contributed by atoms with E-state index < -0.39 is 11.5 Å². The number of hydrogen-bond acceptors (Lipinski definition) is 5. The third-order valence-corrected chi connectivity index (χ3v) is 2.89. The summed E-state index contributed by atoms with van der Waals surface area (Å²) in [6.07, 6.45) is 0. The number of hydrogen-bond donors (Lipinski definition) is 3. The first-order chi connectivity index (χ1) is 6.85. The molecule has 0 saturated carbocycles. The fourth-order valence-corrected chi connectivity index (χ4v) is 1.96. The van der Waals surface area contributed by atoms with Crippen LogP contribution in [0.25, 0.3) is 0 Å². The number of thiazole rings is 1. The van der Waals surface area contributed by atoms with E-state index in [1.165, 1.54) is 0 Å². The Kier molecular flexibility index (Phi) is 3.31. The third-order valence-electron chi connectivity index (χ3n) is 1.83. The second kappa shape index (κ2) is 4.16. The normalized spacial score (nSPS) is 11.5. The van der Waals surface area contributed by atoms with Gasteiger partial charge in [0.15, 0.2) is 5.13 Å². The molecule has 15 heavy (non-hydrogen) atoms. The predicted molar refractivity (Wildman–Crippen MR) is 58.6 cm³/mol. The number of aliphatic hydroxyl groups is 1. The van der Waals surface area contributed by atoms with Gasteiger partial charge in [-0.15, -0.1) is 0 Å². The van der Waals surface area contributed by atoms with Crippen LogP contribution in [0.3, 0.4) is 0 Å². The molecule has 0 aromatic carbocycles. The summed E-state index contributed by atoms with van der Waals surface area (Å²) in [5.74, 6) is -0.972. The van der Waals surface area contributed by atoms with Crippen LogP contribution in [0, 0.1) is 6.92 Å². The van der Waals surface area contributed by atoms with Crippen LogP contribution in [0.4, 0.5) is 5.13 Å². The molecule has 1 heterocycles. The number of carbonyl (C=O) groups is 1. The van der Waals surface area contributed by atoms with Gasteiger partial charge in [-0.1, -0.05) is 11.3 Å². The van der Waals surface area contributed by atoms with Gasteiger partial charge < -0.3 is 15.5 Å². The Morgan fingerprint density at radius 2 is 2.20 bits per heavy atom. The molecule has 0 aliphatic rings. The van der Waals surface area contributed by atoms with Gasteiger partial charge in [0.2, 0.25) is 0 Å². The smallest absolute Gasteiger partial charge is 0.347 e. The van der Waals surface area contributed by atoms with Crippen molar-refractivity contribution in [3.8, 4) is 0 Å². The molecule has 0 amide bonds. The highest BCUT2D eigenvalue weighted by Gasteiger charge is 2.20. The lowest BCUT2D eigenvalue weighted by Gasteiger charge is -2.22. The van der Waals surface area contributed by atoms with E-state index in [2.05, 4.69) is 10.3 Å². The lowest BCUT2D eigenvalue weighted by molar-refractivity contribution is 0.0701. The maximum Gasteiger partial charge on any atom is 0.347 e. The maximum absolute atomic E-state index is 10.8. The number of anilines is 1. The molecule has 3 N–H and O–H groups in total. The minimum absolute atomic E-state index is 0.0476. The van der Waals surface area contributed by atoms with Crippen LogP contribution in [0.15, 0.2) is 0 Å². The fraction of sp³-hybridized carbons (Fsp3) is 0.556. The van der Waals surface area contributed by atoms with Crippen molar-refractivity contribution in [3.63, 3.8) is 0 Å². The highest BCUT2D eigenvalue weighted by Crippen LogP contribution is 2.24. The molecule has 84 valence electrons. The third kappa shape index (κ3) is 2.90. The molecule has 0 aliphatic carbocycles.